The molecule has 0 atom stereocenters. The van der Waals surface area contributed by atoms with Crippen molar-refractivity contribution in [2.24, 2.45) is 5.73 Å². The van der Waals surface area contributed by atoms with E-state index in [1.54, 1.807) is 0 Å². The second-order valence-electron chi connectivity index (χ2n) is 4.94. The molecule has 0 amide bonds. The van der Waals surface area contributed by atoms with Gasteiger partial charge in [0.2, 0.25) is 0 Å². The van der Waals surface area contributed by atoms with Crippen LogP contribution in [0.1, 0.15) is 37.2 Å². The van der Waals surface area contributed by atoms with Crippen LogP contribution >= 0.6 is 24.0 Å². The van der Waals surface area contributed by atoms with Crippen LogP contribution < -0.4 is 5.73 Å². The maximum Gasteiger partial charge on any atom is 0.0668 e. The lowest BCUT2D eigenvalue weighted by Crippen LogP contribution is -2.25. The number of nitrogens with two attached hydrogens (primary N) is 1. The Kier molecular flexibility index (Phi) is 4.15. The molecule has 1 fully saturated rings. The molecule has 0 saturated heterocycles. The van der Waals surface area contributed by atoms with Crippen LogP contribution in [0.4, 0.5) is 0 Å². The summed E-state index contributed by atoms with van der Waals surface area (Å²) in [5.74, 6) is 0.577. The molecular formula is C13H17Cl2N3. The Bertz CT molecular complexity index is 530. The van der Waals surface area contributed by atoms with Crippen LogP contribution in [0.5, 0.6) is 0 Å². The van der Waals surface area contributed by atoms with Crippen LogP contribution in [0.3, 0.4) is 0 Å². The van der Waals surface area contributed by atoms with Crippen molar-refractivity contribution in [3.05, 3.63) is 28.9 Å². The highest BCUT2D eigenvalue weighted by Crippen LogP contribution is 2.37. The molecule has 5 heteroatoms. The first-order chi connectivity index (χ1) is 8.24. The number of H-pyrrole nitrogens is 1. The summed E-state index contributed by atoms with van der Waals surface area (Å²) in [5.41, 5.74) is 8.31. The number of rotatable bonds is 1. The largest absolute Gasteiger partial charge is 0.328 e. The van der Waals surface area contributed by atoms with Crippen molar-refractivity contribution >= 4 is 34.9 Å². The fourth-order valence-corrected chi connectivity index (χ4v) is 3.04. The molecule has 0 unspecified atom stereocenters. The molecule has 98 valence electrons. The zero-order valence-corrected chi connectivity index (χ0v) is 11.6. The van der Waals surface area contributed by atoms with Gasteiger partial charge in [-0.25, -0.2) is 0 Å². The number of benzene rings is 1. The molecule has 18 heavy (non-hydrogen) atoms. The number of nitrogens with zero attached hydrogens (tertiary/aromatic N) is 1. The maximum atomic E-state index is 6.16. The lowest BCUT2D eigenvalue weighted by Gasteiger charge is -2.26. The minimum atomic E-state index is 0. The van der Waals surface area contributed by atoms with Crippen LogP contribution in [0.25, 0.3) is 10.9 Å². The molecule has 1 aromatic heterocycles. The minimum Gasteiger partial charge on any atom is -0.328 e. The van der Waals surface area contributed by atoms with Gasteiger partial charge in [-0.2, -0.15) is 5.10 Å². The molecule has 0 spiro atoms. The topological polar surface area (TPSA) is 54.7 Å². The molecule has 0 radical (unpaired) electrons. The number of halogens is 2. The summed E-state index contributed by atoms with van der Waals surface area (Å²) < 4.78 is 0. The van der Waals surface area contributed by atoms with Gasteiger partial charge >= 0.3 is 0 Å². The van der Waals surface area contributed by atoms with Crippen molar-refractivity contribution in [1.29, 1.82) is 0 Å². The molecule has 1 aliphatic rings. The van der Waals surface area contributed by atoms with Gasteiger partial charge in [0, 0.05) is 16.5 Å². The predicted molar refractivity (Wildman–Crippen MR) is 77.5 cm³/mol. The van der Waals surface area contributed by atoms with Gasteiger partial charge in [0.15, 0.2) is 0 Å². The average molecular weight is 286 g/mol. The number of aromatic nitrogens is 2. The Morgan fingerprint density at radius 1 is 1.22 bits per heavy atom. The zero-order chi connectivity index (χ0) is 11.8. The fourth-order valence-electron chi connectivity index (χ4n) is 2.81. The van der Waals surface area contributed by atoms with E-state index in [4.69, 9.17) is 17.3 Å². The number of aromatic amines is 1. The number of hydrogen-bond acceptors (Lipinski definition) is 2. The summed E-state index contributed by atoms with van der Waals surface area (Å²) >= 11 is 6.16. The van der Waals surface area contributed by atoms with E-state index in [2.05, 4.69) is 16.3 Å². The van der Waals surface area contributed by atoms with Crippen molar-refractivity contribution in [3.8, 4) is 0 Å². The van der Waals surface area contributed by atoms with Gasteiger partial charge in [-0.3, -0.25) is 5.10 Å². The van der Waals surface area contributed by atoms with Gasteiger partial charge in [-0.15, -0.1) is 12.4 Å². The molecule has 3 N–H and O–H groups in total. The van der Waals surface area contributed by atoms with Crippen LogP contribution in [-0.4, -0.2) is 16.2 Å². The monoisotopic (exact) mass is 285 g/mol. The van der Waals surface area contributed by atoms with Crippen molar-refractivity contribution in [2.75, 3.05) is 0 Å². The van der Waals surface area contributed by atoms with E-state index in [0.717, 1.165) is 36.2 Å². The van der Waals surface area contributed by atoms with Gasteiger partial charge in [0.1, 0.15) is 0 Å². The summed E-state index contributed by atoms with van der Waals surface area (Å²) in [6, 6.07) is 4.40. The molecule has 1 saturated carbocycles. The van der Waals surface area contributed by atoms with Crippen molar-refractivity contribution in [2.45, 2.75) is 37.6 Å². The Labute approximate surface area is 117 Å². The van der Waals surface area contributed by atoms with Crippen molar-refractivity contribution in [1.82, 2.24) is 10.2 Å². The summed E-state index contributed by atoms with van der Waals surface area (Å²) in [7, 11) is 0. The zero-order valence-electron chi connectivity index (χ0n) is 10.0. The molecule has 3 rings (SSSR count). The highest BCUT2D eigenvalue weighted by molar-refractivity contribution is 6.31. The lowest BCUT2D eigenvalue weighted by atomic mass is 9.81. The Morgan fingerprint density at radius 3 is 2.67 bits per heavy atom. The first-order valence-corrected chi connectivity index (χ1v) is 6.50. The Morgan fingerprint density at radius 2 is 1.94 bits per heavy atom. The van der Waals surface area contributed by atoms with E-state index >= 15 is 0 Å². The summed E-state index contributed by atoms with van der Waals surface area (Å²) in [5, 5.41) is 9.08. The summed E-state index contributed by atoms with van der Waals surface area (Å²) in [6.45, 7) is 0. The number of nitrogens with one attached hydrogen (secondary N) is 1. The van der Waals surface area contributed by atoms with Crippen LogP contribution in [0.2, 0.25) is 5.02 Å². The van der Waals surface area contributed by atoms with Gasteiger partial charge in [0.25, 0.3) is 0 Å². The summed E-state index contributed by atoms with van der Waals surface area (Å²) in [6.07, 6.45) is 6.42. The normalized spacial score (nSPS) is 23.9. The molecule has 0 bridgehead atoms. The molecule has 2 aromatic rings. The Hall–Kier alpha value is -0.770. The van der Waals surface area contributed by atoms with Gasteiger partial charge in [-0.1, -0.05) is 11.6 Å². The first-order valence-electron chi connectivity index (χ1n) is 6.12. The van der Waals surface area contributed by atoms with Crippen LogP contribution in [-0.2, 0) is 0 Å². The maximum absolute atomic E-state index is 6.16. The van der Waals surface area contributed by atoms with E-state index in [0.29, 0.717) is 12.0 Å². The van der Waals surface area contributed by atoms with Crippen molar-refractivity contribution in [3.63, 3.8) is 0 Å². The Balaban J connectivity index is 0.00000120. The quantitative estimate of drug-likeness (QED) is 0.841. The first kappa shape index (κ1) is 13.7. The second kappa shape index (κ2) is 5.47. The molecule has 0 aliphatic heterocycles. The third-order valence-corrected chi connectivity index (χ3v) is 3.99. The average Bonchev–Trinajstić information content (AvgIpc) is 2.77. The van der Waals surface area contributed by atoms with Gasteiger partial charge in [-0.05, 0) is 49.3 Å². The van der Waals surface area contributed by atoms with E-state index in [9.17, 15) is 0 Å². The summed E-state index contributed by atoms with van der Waals surface area (Å²) in [4.78, 5) is 0. The number of fused-ring (bicyclic) bond motifs is 1. The standard InChI is InChI=1S/C13H16ClN3.ClH/c14-9-5-11(8-1-3-10(15)4-2-8)12-7-16-17-13(12)6-9;/h5-8,10H,1-4,15H2,(H,16,17);1H. The van der Waals surface area contributed by atoms with E-state index < -0.39 is 0 Å². The third-order valence-electron chi connectivity index (χ3n) is 3.77. The molecule has 3 nitrogen and oxygen atoms in total. The molecule has 1 aromatic carbocycles. The van der Waals surface area contributed by atoms with Crippen LogP contribution in [0, 0.1) is 0 Å². The lowest BCUT2D eigenvalue weighted by molar-refractivity contribution is 0.397. The van der Waals surface area contributed by atoms with Gasteiger partial charge < -0.3 is 5.73 Å². The third kappa shape index (κ3) is 2.48. The van der Waals surface area contributed by atoms with Crippen LogP contribution in [0.15, 0.2) is 18.3 Å². The van der Waals surface area contributed by atoms with E-state index in [1.807, 2.05) is 12.3 Å². The fraction of sp³-hybridized carbons (Fsp3) is 0.462. The van der Waals surface area contributed by atoms with E-state index in [1.165, 1.54) is 10.9 Å². The van der Waals surface area contributed by atoms with E-state index in [-0.39, 0.29) is 12.4 Å². The SMILES string of the molecule is Cl.NC1CCC(c2cc(Cl)cc3[nH]ncc23)CC1. The highest BCUT2D eigenvalue weighted by atomic mass is 35.5. The van der Waals surface area contributed by atoms with Gasteiger partial charge in [0.05, 0.1) is 11.7 Å². The second-order valence-corrected chi connectivity index (χ2v) is 5.37. The smallest absolute Gasteiger partial charge is 0.0668 e. The molecule has 1 aliphatic carbocycles. The molecule has 1 heterocycles. The highest BCUT2D eigenvalue weighted by Gasteiger charge is 2.22. The molecular weight excluding hydrogens is 269 g/mol. The number of hydrogen-bond donors (Lipinski definition) is 2. The minimum absolute atomic E-state index is 0. The van der Waals surface area contributed by atoms with Crippen molar-refractivity contribution < 1.29 is 0 Å². The predicted octanol–water partition coefficient (Wildman–Crippen LogP) is 3.62.